The van der Waals surface area contributed by atoms with E-state index < -0.39 is 12.1 Å². The fourth-order valence-electron chi connectivity index (χ4n) is 1.19. The van der Waals surface area contributed by atoms with Crippen molar-refractivity contribution in [3.05, 3.63) is 35.4 Å². The van der Waals surface area contributed by atoms with E-state index in [0.717, 1.165) is 0 Å². The van der Waals surface area contributed by atoms with Crippen LogP contribution in [0.15, 0.2) is 24.3 Å². The van der Waals surface area contributed by atoms with E-state index in [1.54, 1.807) is 24.3 Å². The van der Waals surface area contributed by atoms with Gasteiger partial charge in [-0.05, 0) is 18.2 Å². The summed E-state index contributed by atoms with van der Waals surface area (Å²) in [5, 5.41) is 17.3. The first kappa shape index (κ1) is 13.8. The van der Waals surface area contributed by atoms with Crippen LogP contribution in [0.1, 0.15) is 11.1 Å². The molecule has 0 aromatic heterocycles. The van der Waals surface area contributed by atoms with E-state index in [1.807, 2.05) is 0 Å². The maximum atomic E-state index is 10.7. The number of carbonyl (C=O) groups is 1. The highest BCUT2D eigenvalue weighted by Crippen LogP contribution is 2.02. The number of carboxylic acids is 1. The molecule has 0 saturated carbocycles. The van der Waals surface area contributed by atoms with E-state index in [9.17, 15) is 4.79 Å². The van der Waals surface area contributed by atoms with Crippen molar-refractivity contribution in [1.29, 1.82) is 0 Å². The first-order valence-corrected chi connectivity index (χ1v) is 5.14. The van der Waals surface area contributed by atoms with Gasteiger partial charge in [-0.1, -0.05) is 29.7 Å². The van der Waals surface area contributed by atoms with Gasteiger partial charge >= 0.3 is 5.97 Å². The lowest BCUT2D eigenvalue weighted by Gasteiger charge is -2.00. The molecule has 0 aliphatic carbocycles. The number of aliphatic hydroxyl groups excluding tert-OH is 1. The van der Waals surface area contributed by atoms with Crippen molar-refractivity contribution in [3.63, 3.8) is 0 Å². The van der Waals surface area contributed by atoms with E-state index in [1.165, 1.54) is 7.11 Å². The molecule has 0 bridgehead atoms. The molecule has 1 rings (SSSR count). The molecule has 1 aromatic carbocycles. The zero-order chi connectivity index (χ0) is 13.4. The molecule has 0 aliphatic rings. The normalized spacial score (nSPS) is 10.6. The fourth-order valence-corrected chi connectivity index (χ4v) is 1.19. The van der Waals surface area contributed by atoms with Crippen LogP contribution in [0.4, 0.5) is 0 Å². The monoisotopic (exact) mass is 244 g/mol. The van der Waals surface area contributed by atoms with E-state index in [4.69, 9.17) is 14.9 Å². The third-order valence-corrected chi connectivity index (χ3v) is 1.98. The molecule has 1 atom stereocenters. The van der Waals surface area contributed by atoms with Gasteiger partial charge < -0.3 is 14.9 Å². The minimum Gasteiger partial charge on any atom is -0.479 e. The number of aliphatic hydroxyl groups is 1. The van der Waals surface area contributed by atoms with Gasteiger partial charge in [-0.3, -0.25) is 0 Å². The van der Waals surface area contributed by atoms with Crippen molar-refractivity contribution in [2.75, 3.05) is 13.7 Å². The Labute approximate surface area is 105 Å². The number of hydrogen-bond acceptors (Lipinski definition) is 3. The van der Waals surface area contributed by atoms with Gasteiger partial charge in [0.2, 0.25) is 6.10 Å². The lowest BCUT2D eigenvalue weighted by atomic mass is 10.1. The number of hydrogen-bond donors (Lipinski definition) is 2. The molecule has 0 fully saturated rings. The van der Waals surface area contributed by atoms with Gasteiger partial charge in [0.15, 0.2) is 0 Å². The van der Waals surface area contributed by atoms with Crippen LogP contribution in [-0.2, 0) is 9.53 Å². The van der Waals surface area contributed by atoms with Gasteiger partial charge in [-0.2, -0.15) is 0 Å². The minimum absolute atomic E-state index is 0.208. The Morgan fingerprint density at radius 3 is 2.61 bits per heavy atom. The summed E-state index contributed by atoms with van der Waals surface area (Å²) in [5.41, 5.74) is 1.35. The van der Waals surface area contributed by atoms with E-state index in [-0.39, 0.29) is 6.61 Å². The second kappa shape index (κ2) is 7.13. The van der Waals surface area contributed by atoms with E-state index >= 15 is 0 Å². The molecule has 18 heavy (non-hydrogen) atoms. The molecule has 0 aliphatic heterocycles. The lowest BCUT2D eigenvalue weighted by molar-refractivity contribution is -0.144. The zero-order valence-corrected chi connectivity index (χ0v) is 9.80. The maximum Gasteiger partial charge on any atom is 0.345 e. The third kappa shape index (κ3) is 4.31. The molecule has 2 N–H and O–H groups in total. The van der Waals surface area contributed by atoms with E-state index in [0.29, 0.717) is 11.1 Å². The summed E-state index contributed by atoms with van der Waals surface area (Å²) in [6.07, 6.45) is -1.14. The van der Waals surface area contributed by atoms with E-state index in [2.05, 4.69) is 23.7 Å². The molecule has 92 valence electrons. The summed E-state index contributed by atoms with van der Waals surface area (Å²) in [6.45, 7) is -0.208. The Balaban J connectivity index is 2.91. The standard InChI is InChI=1S/C14H12O4/c1-18-13(14(16)17)8-7-12-5-2-4-11(10-12)6-3-9-15/h2,4-5,10,13,15H,9H2,1H3,(H,16,17). The predicted octanol–water partition coefficient (Wildman–Crippen LogP) is 0.481. The van der Waals surface area contributed by atoms with Gasteiger partial charge in [-0.25, -0.2) is 4.79 Å². The second-order valence-corrected chi connectivity index (χ2v) is 3.26. The molecule has 0 amide bonds. The minimum atomic E-state index is -1.14. The third-order valence-electron chi connectivity index (χ3n) is 1.98. The molecule has 0 radical (unpaired) electrons. The highest BCUT2D eigenvalue weighted by atomic mass is 16.5. The largest absolute Gasteiger partial charge is 0.479 e. The quantitative estimate of drug-likeness (QED) is 0.743. The number of rotatable bonds is 2. The Hall–Kier alpha value is -2.27. The predicted molar refractivity (Wildman–Crippen MR) is 65.7 cm³/mol. The van der Waals surface area contributed by atoms with Crippen LogP contribution in [0, 0.1) is 23.7 Å². The summed E-state index contributed by atoms with van der Waals surface area (Å²) in [6, 6.07) is 6.99. The number of carboxylic acid groups (broad SMARTS) is 1. The van der Waals surface area contributed by atoms with Crippen LogP contribution in [-0.4, -0.2) is 36.0 Å². The van der Waals surface area contributed by atoms with Crippen molar-refractivity contribution >= 4 is 5.97 Å². The highest BCUT2D eigenvalue weighted by molar-refractivity contribution is 5.76. The zero-order valence-electron chi connectivity index (χ0n) is 9.80. The van der Waals surface area contributed by atoms with Crippen molar-refractivity contribution < 1.29 is 19.7 Å². The topological polar surface area (TPSA) is 66.8 Å². The van der Waals surface area contributed by atoms with Crippen LogP contribution in [0.3, 0.4) is 0 Å². The summed E-state index contributed by atoms with van der Waals surface area (Å²) in [4.78, 5) is 10.7. The molecule has 0 spiro atoms. The molecule has 1 unspecified atom stereocenters. The number of methoxy groups -OCH3 is 1. The molecule has 1 aromatic rings. The number of benzene rings is 1. The van der Waals surface area contributed by atoms with Crippen LogP contribution >= 0.6 is 0 Å². The van der Waals surface area contributed by atoms with Crippen LogP contribution in [0.5, 0.6) is 0 Å². The SMILES string of the molecule is COC(C#Cc1cccc(C#CCO)c1)C(=O)O. The van der Waals surface area contributed by atoms with Crippen molar-refractivity contribution in [1.82, 2.24) is 0 Å². The Morgan fingerprint density at radius 1 is 1.39 bits per heavy atom. The molecule has 4 nitrogen and oxygen atoms in total. The molecule has 0 heterocycles. The van der Waals surface area contributed by atoms with Gasteiger partial charge in [-0.15, -0.1) is 0 Å². The number of ether oxygens (including phenoxy) is 1. The van der Waals surface area contributed by atoms with Gasteiger partial charge in [0.1, 0.15) is 6.61 Å². The van der Waals surface area contributed by atoms with Gasteiger partial charge in [0.05, 0.1) is 0 Å². The van der Waals surface area contributed by atoms with Crippen LogP contribution in [0.2, 0.25) is 0 Å². The van der Waals surface area contributed by atoms with Crippen molar-refractivity contribution in [3.8, 4) is 23.7 Å². The second-order valence-electron chi connectivity index (χ2n) is 3.26. The molecular weight excluding hydrogens is 232 g/mol. The molecule has 4 heteroatoms. The smallest absolute Gasteiger partial charge is 0.345 e. The highest BCUT2D eigenvalue weighted by Gasteiger charge is 2.11. The van der Waals surface area contributed by atoms with Crippen LogP contribution < -0.4 is 0 Å². The summed E-state index contributed by atoms with van der Waals surface area (Å²) >= 11 is 0. The van der Waals surface area contributed by atoms with Crippen molar-refractivity contribution in [2.24, 2.45) is 0 Å². The van der Waals surface area contributed by atoms with Gasteiger partial charge in [0, 0.05) is 18.2 Å². The maximum absolute atomic E-state index is 10.7. The van der Waals surface area contributed by atoms with Gasteiger partial charge in [0.25, 0.3) is 0 Å². The first-order valence-electron chi connectivity index (χ1n) is 5.14. The Kier molecular flexibility index (Phi) is 5.47. The summed E-state index contributed by atoms with van der Waals surface area (Å²) in [7, 11) is 1.29. The average molecular weight is 244 g/mol. The van der Waals surface area contributed by atoms with Crippen molar-refractivity contribution in [2.45, 2.75) is 6.10 Å². The molecule has 0 saturated heterocycles. The average Bonchev–Trinajstić information content (AvgIpc) is 2.37. The lowest BCUT2D eigenvalue weighted by Crippen LogP contribution is -2.19. The van der Waals surface area contributed by atoms with Crippen LogP contribution in [0.25, 0.3) is 0 Å². The first-order chi connectivity index (χ1) is 8.67. The Bertz CT molecular complexity index is 540. The molecular formula is C14H12O4. The fraction of sp³-hybridized carbons (Fsp3) is 0.214. The summed E-state index contributed by atoms with van der Waals surface area (Å²) in [5.74, 6) is 9.35. The summed E-state index contributed by atoms with van der Waals surface area (Å²) < 4.78 is 4.69. The Morgan fingerprint density at radius 2 is 2.06 bits per heavy atom. The number of aliphatic carboxylic acids is 1.